The second-order valence-corrected chi connectivity index (χ2v) is 6.95. The second kappa shape index (κ2) is 7.21. The highest BCUT2D eigenvalue weighted by Crippen LogP contribution is 2.34. The van der Waals surface area contributed by atoms with Gasteiger partial charge in [-0.2, -0.15) is 0 Å². The van der Waals surface area contributed by atoms with E-state index < -0.39 is 0 Å². The topological polar surface area (TPSA) is 59.2 Å². The number of aromatic amines is 1. The summed E-state index contributed by atoms with van der Waals surface area (Å²) in [4.78, 5) is 27.4. The van der Waals surface area contributed by atoms with Gasteiger partial charge in [-0.15, -0.1) is 11.3 Å². The van der Waals surface area contributed by atoms with Gasteiger partial charge >= 0.3 is 5.97 Å². The average molecular weight is 375 g/mol. The third kappa shape index (κ3) is 3.06. The lowest BCUT2D eigenvalue weighted by Gasteiger charge is -2.06. The molecule has 5 heteroatoms. The summed E-state index contributed by atoms with van der Waals surface area (Å²) >= 11 is 1.38. The van der Waals surface area contributed by atoms with Crippen molar-refractivity contribution in [3.05, 3.63) is 70.5 Å². The number of fused-ring (bicyclic) bond motifs is 1. The Labute approximate surface area is 160 Å². The predicted octanol–water partition coefficient (Wildman–Crippen LogP) is 5.55. The van der Waals surface area contributed by atoms with Gasteiger partial charge in [0.1, 0.15) is 4.88 Å². The normalized spacial score (nSPS) is 10.9. The van der Waals surface area contributed by atoms with Crippen molar-refractivity contribution in [3.63, 3.8) is 0 Å². The first-order valence-electron chi connectivity index (χ1n) is 8.64. The zero-order valence-corrected chi connectivity index (χ0v) is 15.5. The van der Waals surface area contributed by atoms with Crippen LogP contribution in [0.1, 0.15) is 27.1 Å². The Morgan fingerprint density at radius 1 is 1.07 bits per heavy atom. The predicted molar refractivity (Wildman–Crippen MR) is 108 cm³/mol. The van der Waals surface area contributed by atoms with Crippen LogP contribution in [0.15, 0.2) is 60.0 Å². The summed E-state index contributed by atoms with van der Waals surface area (Å²) in [6.07, 6.45) is 0.848. The molecule has 0 bridgehead atoms. The number of thiophene rings is 1. The van der Waals surface area contributed by atoms with E-state index in [0.29, 0.717) is 17.2 Å². The van der Waals surface area contributed by atoms with Crippen LogP contribution in [0.4, 0.5) is 0 Å². The molecule has 0 aliphatic carbocycles. The number of hydrogen-bond donors (Lipinski definition) is 1. The molecular weight excluding hydrogens is 358 g/mol. The minimum atomic E-state index is -0.300. The van der Waals surface area contributed by atoms with Crippen LogP contribution >= 0.6 is 11.3 Å². The number of H-pyrrole nitrogens is 1. The molecule has 2 aromatic carbocycles. The number of ether oxygens (including phenoxy) is 1. The maximum Gasteiger partial charge on any atom is 0.348 e. The Bertz CT molecular complexity index is 1120. The molecule has 27 heavy (non-hydrogen) atoms. The molecule has 1 N–H and O–H groups in total. The molecule has 0 atom stereocenters. The lowest BCUT2D eigenvalue weighted by atomic mass is 9.98. The maximum absolute atomic E-state index is 12.1. The summed E-state index contributed by atoms with van der Waals surface area (Å²) in [6, 6.07) is 17.7. The fourth-order valence-electron chi connectivity index (χ4n) is 3.27. The third-order valence-corrected chi connectivity index (χ3v) is 5.36. The van der Waals surface area contributed by atoms with Crippen LogP contribution in [0.3, 0.4) is 0 Å². The van der Waals surface area contributed by atoms with Gasteiger partial charge < -0.3 is 9.72 Å². The number of aldehydes is 1. The highest BCUT2D eigenvalue weighted by molar-refractivity contribution is 7.12. The van der Waals surface area contributed by atoms with Crippen molar-refractivity contribution in [2.45, 2.75) is 6.92 Å². The standard InChI is InChI=1S/C22H17NO3S/c1-2-26-22(25)21-16(11-12-27-21)14-7-9-15(10-8-14)20-17-5-3-4-6-18(17)23-19(20)13-24/h3-13,23H,2H2,1H3. The summed E-state index contributed by atoms with van der Waals surface area (Å²) in [5.41, 5.74) is 5.14. The highest BCUT2D eigenvalue weighted by Gasteiger charge is 2.17. The first-order valence-corrected chi connectivity index (χ1v) is 9.52. The zero-order chi connectivity index (χ0) is 18.8. The number of carbonyl (C=O) groups excluding carboxylic acids is 2. The lowest BCUT2D eigenvalue weighted by Crippen LogP contribution is -2.03. The number of para-hydroxylation sites is 1. The van der Waals surface area contributed by atoms with Crippen molar-refractivity contribution >= 4 is 34.5 Å². The Balaban J connectivity index is 1.76. The van der Waals surface area contributed by atoms with E-state index in [1.165, 1.54) is 11.3 Å². The Hall–Kier alpha value is -3.18. The maximum atomic E-state index is 12.1. The number of benzene rings is 2. The van der Waals surface area contributed by atoms with Gasteiger partial charge in [0, 0.05) is 22.0 Å². The van der Waals surface area contributed by atoms with Crippen LogP contribution in [0.5, 0.6) is 0 Å². The van der Waals surface area contributed by atoms with Crippen LogP contribution < -0.4 is 0 Å². The molecule has 4 rings (SSSR count). The van der Waals surface area contributed by atoms with E-state index in [9.17, 15) is 9.59 Å². The molecule has 0 spiro atoms. The van der Waals surface area contributed by atoms with Crippen LogP contribution in [0, 0.1) is 0 Å². The molecule has 2 heterocycles. The molecule has 0 amide bonds. The number of hydrogen-bond acceptors (Lipinski definition) is 4. The van der Waals surface area contributed by atoms with Gasteiger partial charge in [0.15, 0.2) is 6.29 Å². The van der Waals surface area contributed by atoms with Crippen LogP contribution in [-0.4, -0.2) is 23.8 Å². The number of aromatic nitrogens is 1. The minimum Gasteiger partial charge on any atom is -0.462 e. The summed E-state index contributed by atoms with van der Waals surface area (Å²) in [7, 11) is 0. The molecule has 2 aromatic heterocycles. The summed E-state index contributed by atoms with van der Waals surface area (Å²) in [5.74, 6) is -0.300. The van der Waals surface area contributed by atoms with E-state index in [1.807, 2.05) is 60.0 Å². The Morgan fingerprint density at radius 3 is 2.56 bits per heavy atom. The molecule has 0 fully saturated rings. The van der Waals surface area contributed by atoms with Crippen LogP contribution in [0.25, 0.3) is 33.2 Å². The monoisotopic (exact) mass is 375 g/mol. The van der Waals surface area contributed by atoms with Crippen molar-refractivity contribution in [3.8, 4) is 22.3 Å². The molecule has 0 saturated carbocycles. The van der Waals surface area contributed by atoms with Crippen LogP contribution in [0.2, 0.25) is 0 Å². The van der Waals surface area contributed by atoms with Gasteiger partial charge in [0.2, 0.25) is 0 Å². The van der Waals surface area contributed by atoms with E-state index in [-0.39, 0.29) is 5.97 Å². The van der Waals surface area contributed by atoms with E-state index in [2.05, 4.69) is 4.98 Å². The molecule has 4 nitrogen and oxygen atoms in total. The van der Waals surface area contributed by atoms with Crippen LogP contribution in [-0.2, 0) is 4.74 Å². The molecule has 0 unspecified atom stereocenters. The van der Waals surface area contributed by atoms with E-state index in [1.54, 1.807) is 6.92 Å². The van der Waals surface area contributed by atoms with Gasteiger partial charge in [0.05, 0.1) is 12.3 Å². The number of esters is 1. The summed E-state index contributed by atoms with van der Waals surface area (Å²) in [5, 5.41) is 2.90. The number of carbonyl (C=O) groups is 2. The zero-order valence-electron chi connectivity index (χ0n) is 14.7. The first kappa shape index (κ1) is 17.2. The van der Waals surface area contributed by atoms with Gasteiger partial charge in [-0.1, -0.05) is 42.5 Å². The molecule has 0 saturated heterocycles. The molecular formula is C22H17NO3S. The van der Waals surface area contributed by atoms with Crippen molar-refractivity contribution in [1.29, 1.82) is 0 Å². The molecule has 0 radical (unpaired) electrons. The third-order valence-electron chi connectivity index (χ3n) is 4.46. The Morgan fingerprint density at radius 2 is 1.81 bits per heavy atom. The molecule has 0 aliphatic rings. The van der Waals surface area contributed by atoms with Crippen molar-refractivity contribution in [2.75, 3.05) is 6.61 Å². The molecule has 4 aromatic rings. The van der Waals surface area contributed by atoms with E-state index in [0.717, 1.165) is 39.4 Å². The highest BCUT2D eigenvalue weighted by atomic mass is 32.1. The molecule has 134 valence electrons. The molecule has 0 aliphatic heterocycles. The van der Waals surface area contributed by atoms with Gasteiger partial charge in [-0.3, -0.25) is 4.79 Å². The summed E-state index contributed by atoms with van der Waals surface area (Å²) in [6.45, 7) is 2.15. The minimum absolute atomic E-state index is 0.300. The quantitative estimate of drug-likeness (QED) is 0.367. The SMILES string of the molecule is CCOC(=O)c1sccc1-c1ccc(-c2c(C=O)[nH]c3ccccc23)cc1. The van der Waals surface area contributed by atoms with E-state index >= 15 is 0 Å². The van der Waals surface area contributed by atoms with Gasteiger partial charge in [-0.05, 0) is 35.6 Å². The van der Waals surface area contributed by atoms with Crippen molar-refractivity contribution in [2.24, 2.45) is 0 Å². The van der Waals surface area contributed by atoms with Gasteiger partial charge in [0.25, 0.3) is 0 Å². The van der Waals surface area contributed by atoms with E-state index in [4.69, 9.17) is 4.74 Å². The fourth-order valence-corrected chi connectivity index (χ4v) is 4.08. The van der Waals surface area contributed by atoms with Crippen molar-refractivity contribution in [1.82, 2.24) is 4.98 Å². The largest absolute Gasteiger partial charge is 0.462 e. The second-order valence-electron chi connectivity index (χ2n) is 6.04. The van der Waals surface area contributed by atoms with Crippen molar-refractivity contribution < 1.29 is 14.3 Å². The lowest BCUT2D eigenvalue weighted by molar-refractivity contribution is 0.0533. The first-order chi connectivity index (χ1) is 13.2. The number of rotatable bonds is 5. The number of nitrogens with one attached hydrogen (secondary N) is 1. The smallest absolute Gasteiger partial charge is 0.348 e. The van der Waals surface area contributed by atoms with Gasteiger partial charge in [-0.25, -0.2) is 4.79 Å². The Kier molecular flexibility index (Phi) is 4.60. The average Bonchev–Trinajstić information content (AvgIpc) is 3.33. The fraction of sp³-hybridized carbons (Fsp3) is 0.0909. The summed E-state index contributed by atoms with van der Waals surface area (Å²) < 4.78 is 5.14.